The van der Waals surface area contributed by atoms with Crippen LogP contribution < -0.4 is 15.4 Å². The molecule has 2 fully saturated rings. The van der Waals surface area contributed by atoms with E-state index in [4.69, 9.17) is 16.3 Å². The van der Waals surface area contributed by atoms with Crippen LogP contribution in [0.4, 0.5) is 0 Å². The summed E-state index contributed by atoms with van der Waals surface area (Å²) in [5, 5.41) is 7.58. The van der Waals surface area contributed by atoms with Gasteiger partial charge in [0.2, 0.25) is 5.91 Å². The van der Waals surface area contributed by atoms with Gasteiger partial charge in [-0.25, -0.2) is 0 Å². The highest BCUT2D eigenvalue weighted by molar-refractivity contribution is 6.30. The Morgan fingerprint density at radius 3 is 3.00 bits per heavy atom. The highest BCUT2D eigenvalue weighted by atomic mass is 35.5. The van der Waals surface area contributed by atoms with Gasteiger partial charge in [-0.15, -0.1) is 0 Å². The second-order valence-corrected chi connectivity index (χ2v) is 7.68. The molecular weight excluding hydrogens is 326 g/mol. The highest BCUT2D eigenvalue weighted by Crippen LogP contribution is 2.38. The van der Waals surface area contributed by atoms with Gasteiger partial charge in [-0.3, -0.25) is 4.79 Å². The van der Waals surface area contributed by atoms with Gasteiger partial charge >= 0.3 is 0 Å². The zero-order chi connectivity index (χ0) is 16.6. The second-order valence-electron chi connectivity index (χ2n) is 7.25. The van der Waals surface area contributed by atoms with Crippen LogP contribution in [0, 0.1) is 5.41 Å². The van der Waals surface area contributed by atoms with E-state index in [-0.39, 0.29) is 11.9 Å². The number of hydrogen-bond donors (Lipinski definition) is 2. The molecular formula is C18H24ClN3O2. The molecule has 0 aliphatic carbocycles. The third-order valence-corrected chi connectivity index (χ3v) is 5.87. The molecule has 1 aromatic carbocycles. The lowest BCUT2D eigenvalue weighted by atomic mass is 9.77. The Hall–Kier alpha value is -1.30. The average Bonchev–Trinajstić information content (AvgIpc) is 2.87. The van der Waals surface area contributed by atoms with Crippen LogP contribution in [0.15, 0.2) is 18.2 Å². The molecule has 24 heavy (non-hydrogen) atoms. The molecule has 1 atom stereocenters. The average molecular weight is 350 g/mol. The number of nitrogens with zero attached hydrogens (tertiary/aromatic N) is 1. The number of fused-ring (bicyclic) bond motifs is 1. The number of benzene rings is 1. The van der Waals surface area contributed by atoms with Gasteiger partial charge < -0.3 is 20.3 Å². The van der Waals surface area contributed by atoms with Crippen LogP contribution in [0.5, 0.6) is 5.75 Å². The standard InChI is InChI=1S/C18H24ClN3O2/c19-14-1-2-16-13(9-14)11-22(7-8-24-16)17(23)15-10-18(12-21-15)3-5-20-6-4-18/h1-2,9,15,20-21H,3-8,10-12H2. The van der Waals surface area contributed by atoms with Crippen molar-refractivity contribution >= 4 is 17.5 Å². The molecule has 0 bridgehead atoms. The topological polar surface area (TPSA) is 53.6 Å². The number of carbonyl (C=O) groups is 1. The number of nitrogens with one attached hydrogen (secondary N) is 2. The minimum absolute atomic E-state index is 0.0659. The van der Waals surface area contributed by atoms with Gasteiger partial charge in [0.25, 0.3) is 0 Å². The maximum absolute atomic E-state index is 13.0. The number of ether oxygens (including phenoxy) is 1. The maximum atomic E-state index is 13.0. The molecule has 0 aromatic heterocycles. The van der Waals surface area contributed by atoms with E-state index in [9.17, 15) is 4.79 Å². The fourth-order valence-electron chi connectivity index (χ4n) is 4.20. The van der Waals surface area contributed by atoms with Crippen molar-refractivity contribution in [1.29, 1.82) is 0 Å². The van der Waals surface area contributed by atoms with Crippen LogP contribution in [0.3, 0.4) is 0 Å². The summed E-state index contributed by atoms with van der Waals surface area (Å²) < 4.78 is 5.78. The molecule has 0 radical (unpaired) electrons. The van der Waals surface area contributed by atoms with Gasteiger partial charge in [0.1, 0.15) is 12.4 Å². The fraction of sp³-hybridized carbons (Fsp3) is 0.611. The van der Waals surface area contributed by atoms with Crippen molar-refractivity contribution in [2.45, 2.75) is 31.8 Å². The third kappa shape index (κ3) is 3.13. The van der Waals surface area contributed by atoms with Crippen molar-refractivity contribution in [2.75, 3.05) is 32.8 Å². The minimum atomic E-state index is -0.0659. The molecule has 1 aromatic rings. The number of rotatable bonds is 1. The lowest BCUT2D eigenvalue weighted by Crippen LogP contribution is -2.44. The monoisotopic (exact) mass is 349 g/mol. The Bertz CT molecular complexity index is 631. The predicted molar refractivity (Wildman–Crippen MR) is 93.3 cm³/mol. The lowest BCUT2D eigenvalue weighted by Gasteiger charge is -2.33. The summed E-state index contributed by atoms with van der Waals surface area (Å²) in [5.74, 6) is 1.03. The van der Waals surface area contributed by atoms with Gasteiger partial charge in [-0.2, -0.15) is 0 Å². The molecule has 5 nitrogen and oxygen atoms in total. The summed E-state index contributed by atoms with van der Waals surface area (Å²) in [5.41, 5.74) is 1.29. The van der Waals surface area contributed by atoms with Crippen LogP contribution in [-0.4, -0.2) is 49.6 Å². The maximum Gasteiger partial charge on any atom is 0.240 e. The van der Waals surface area contributed by atoms with Crippen molar-refractivity contribution in [3.8, 4) is 5.75 Å². The Kier molecular flexibility index (Phi) is 4.41. The van der Waals surface area contributed by atoms with Gasteiger partial charge in [-0.05, 0) is 56.0 Å². The third-order valence-electron chi connectivity index (χ3n) is 5.64. The number of piperidine rings is 1. The van der Waals surface area contributed by atoms with Gasteiger partial charge in [0.05, 0.1) is 12.6 Å². The molecule has 130 valence electrons. The van der Waals surface area contributed by atoms with Crippen molar-refractivity contribution < 1.29 is 9.53 Å². The molecule has 3 heterocycles. The van der Waals surface area contributed by atoms with E-state index in [1.165, 1.54) is 0 Å². The Morgan fingerprint density at radius 1 is 1.33 bits per heavy atom. The second kappa shape index (κ2) is 6.54. The fourth-order valence-corrected chi connectivity index (χ4v) is 4.40. The number of hydrogen-bond acceptors (Lipinski definition) is 4. The van der Waals surface area contributed by atoms with E-state index in [0.717, 1.165) is 50.2 Å². The van der Waals surface area contributed by atoms with Crippen molar-refractivity contribution in [3.63, 3.8) is 0 Å². The van der Waals surface area contributed by atoms with Crippen LogP contribution in [0.25, 0.3) is 0 Å². The van der Waals surface area contributed by atoms with E-state index in [1.807, 2.05) is 23.1 Å². The molecule has 4 rings (SSSR count). The molecule has 2 saturated heterocycles. The van der Waals surface area contributed by atoms with Gasteiger partial charge in [-0.1, -0.05) is 11.6 Å². The number of halogens is 1. The van der Waals surface area contributed by atoms with Gasteiger partial charge in [0, 0.05) is 23.7 Å². The first-order valence-electron chi connectivity index (χ1n) is 8.79. The quantitative estimate of drug-likeness (QED) is 0.811. The summed E-state index contributed by atoms with van der Waals surface area (Å²) >= 11 is 6.10. The molecule has 1 spiro atoms. The van der Waals surface area contributed by atoms with Crippen LogP contribution in [0.1, 0.15) is 24.8 Å². The first-order valence-corrected chi connectivity index (χ1v) is 9.17. The van der Waals surface area contributed by atoms with Crippen molar-refractivity contribution in [1.82, 2.24) is 15.5 Å². The molecule has 6 heteroatoms. The summed E-state index contributed by atoms with van der Waals surface area (Å²) in [4.78, 5) is 14.9. The summed E-state index contributed by atoms with van der Waals surface area (Å²) in [6.45, 7) is 4.80. The van der Waals surface area contributed by atoms with E-state index < -0.39 is 0 Å². The van der Waals surface area contributed by atoms with E-state index in [0.29, 0.717) is 30.1 Å². The van der Waals surface area contributed by atoms with E-state index in [1.54, 1.807) is 0 Å². The van der Waals surface area contributed by atoms with E-state index >= 15 is 0 Å². The summed E-state index contributed by atoms with van der Waals surface area (Å²) in [7, 11) is 0. The predicted octanol–water partition coefficient (Wildman–Crippen LogP) is 1.79. The Balaban J connectivity index is 1.46. The van der Waals surface area contributed by atoms with E-state index in [2.05, 4.69) is 10.6 Å². The molecule has 0 saturated carbocycles. The molecule has 1 amide bonds. The molecule has 3 aliphatic heterocycles. The summed E-state index contributed by atoms with van der Waals surface area (Å²) in [6.07, 6.45) is 3.27. The zero-order valence-electron chi connectivity index (χ0n) is 13.8. The Morgan fingerprint density at radius 2 is 2.17 bits per heavy atom. The van der Waals surface area contributed by atoms with Crippen molar-refractivity contribution in [2.24, 2.45) is 5.41 Å². The van der Waals surface area contributed by atoms with Crippen LogP contribution in [0.2, 0.25) is 5.02 Å². The lowest BCUT2D eigenvalue weighted by molar-refractivity contribution is -0.134. The minimum Gasteiger partial charge on any atom is -0.491 e. The molecule has 3 aliphatic rings. The SMILES string of the molecule is O=C(C1CC2(CCNCC2)CN1)N1CCOc2ccc(Cl)cc2C1. The van der Waals surface area contributed by atoms with Crippen molar-refractivity contribution in [3.05, 3.63) is 28.8 Å². The molecule has 1 unspecified atom stereocenters. The first-order chi connectivity index (χ1) is 11.7. The summed E-state index contributed by atoms with van der Waals surface area (Å²) in [6, 6.07) is 5.56. The van der Waals surface area contributed by atoms with Gasteiger partial charge in [0.15, 0.2) is 0 Å². The smallest absolute Gasteiger partial charge is 0.240 e. The molecule has 2 N–H and O–H groups in total. The Labute approximate surface area is 147 Å². The van der Waals surface area contributed by atoms with Crippen LogP contribution in [-0.2, 0) is 11.3 Å². The highest BCUT2D eigenvalue weighted by Gasteiger charge is 2.43. The zero-order valence-corrected chi connectivity index (χ0v) is 14.6. The number of carbonyl (C=O) groups excluding carboxylic acids is 1. The van der Waals surface area contributed by atoms with Crippen LogP contribution >= 0.6 is 11.6 Å². The normalized spacial score (nSPS) is 25.9. The number of amides is 1. The first kappa shape index (κ1) is 16.2. The largest absolute Gasteiger partial charge is 0.491 e.